The number of amides is 3. The second kappa shape index (κ2) is 10.5. The molecule has 164 valence electrons. The number of rotatable bonds is 8. The molecule has 0 aliphatic carbocycles. The van der Waals surface area contributed by atoms with E-state index in [-0.39, 0.29) is 30.2 Å². The minimum absolute atomic E-state index is 0.0117. The summed E-state index contributed by atoms with van der Waals surface area (Å²) in [7, 11) is 1.87. The minimum atomic E-state index is -0.0565. The summed E-state index contributed by atoms with van der Waals surface area (Å²) in [6.45, 7) is 4.84. The normalized spacial score (nSPS) is 17.3. The van der Waals surface area contributed by atoms with Crippen LogP contribution in [0.25, 0.3) is 0 Å². The summed E-state index contributed by atoms with van der Waals surface area (Å²) in [5, 5.41) is 0. The Bertz CT molecular complexity index is 741. The molecule has 2 aliphatic rings. The molecule has 2 heterocycles. The van der Waals surface area contributed by atoms with Crippen LogP contribution in [0, 0.1) is 5.92 Å². The molecule has 2 aliphatic heterocycles. The molecule has 30 heavy (non-hydrogen) atoms. The summed E-state index contributed by atoms with van der Waals surface area (Å²) in [6.07, 6.45) is 5.00. The van der Waals surface area contributed by atoms with Crippen LogP contribution in [0.15, 0.2) is 24.3 Å². The number of likely N-dealkylation sites (tertiary alicyclic amines) is 1. The molecule has 2 fully saturated rings. The van der Waals surface area contributed by atoms with Crippen molar-refractivity contribution in [1.82, 2.24) is 9.80 Å². The van der Waals surface area contributed by atoms with Gasteiger partial charge in [0.2, 0.25) is 11.8 Å². The first-order valence-corrected chi connectivity index (χ1v) is 11.1. The molecule has 1 aromatic carbocycles. The highest BCUT2D eigenvalue weighted by Gasteiger charge is 2.29. The van der Waals surface area contributed by atoms with Gasteiger partial charge >= 0.3 is 0 Å². The van der Waals surface area contributed by atoms with Gasteiger partial charge in [-0.25, -0.2) is 0 Å². The highest BCUT2D eigenvalue weighted by atomic mass is 16.5. The zero-order valence-corrected chi connectivity index (χ0v) is 18.1. The number of piperidine rings is 1. The van der Waals surface area contributed by atoms with Gasteiger partial charge in [0.15, 0.2) is 6.61 Å². The average molecular weight is 416 g/mol. The molecule has 2 saturated heterocycles. The van der Waals surface area contributed by atoms with Crippen LogP contribution in [-0.4, -0.2) is 67.4 Å². The first-order valence-electron chi connectivity index (χ1n) is 11.1. The van der Waals surface area contributed by atoms with Crippen molar-refractivity contribution in [2.45, 2.75) is 45.4 Å². The monoisotopic (exact) mass is 415 g/mol. The second-order valence-electron chi connectivity index (χ2n) is 8.20. The van der Waals surface area contributed by atoms with Crippen molar-refractivity contribution in [2.24, 2.45) is 5.92 Å². The number of anilines is 1. The number of ether oxygens (including phenoxy) is 1. The predicted octanol–water partition coefficient (Wildman–Crippen LogP) is 2.69. The van der Waals surface area contributed by atoms with Crippen LogP contribution >= 0.6 is 0 Å². The molecule has 7 heteroatoms. The van der Waals surface area contributed by atoms with E-state index >= 15 is 0 Å². The summed E-state index contributed by atoms with van der Waals surface area (Å²) in [4.78, 5) is 42.2. The Morgan fingerprint density at radius 3 is 2.43 bits per heavy atom. The van der Waals surface area contributed by atoms with Crippen LogP contribution in [0.2, 0.25) is 0 Å². The Hall–Kier alpha value is -2.57. The Balaban J connectivity index is 1.41. The zero-order chi connectivity index (χ0) is 21.5. The molecule has 3 amide bonds. The molecule has 0 bridgehead atoms. The van der Waals surface area contributed by atoms with Gasteiger partial charge in [-0.05, 0) is 49.9 Å². The highest BCUT2D eigenvalue weighted by molar-refractivity contribution is 5.95. The summed E-state index contributed by atoms with van der Waals surface area (Å²) in [5.41, 5.74) is 0.867. The van der Waals surface area contributed by atoms with Gasteiger partial charge in [-0.1, -0.05) is 13.3 Å². The van der Waals surface area contributed by atoms with E-state index in [9.17, 15) is 14.4 Å². The maximum absolute atomic E-state index is 12.5. The lowest BCUT2D eigenvalue weighted by molar-refractivity contribution is -0.140. The van der Waals surface area contributed by atoms with Crippen LogP contribution < -0.4 is 9.64 Å². The first-order chi connectivity index (χ1) is 14.5. The summed E-state index contributed by atoms with van der Waals surface area (Å²) < 4.78 is 5.65. The van der Waals surface area contributed by atoms with Crippen molar-refractivity contribution in [1.29, 1.82) is 0 Å². The molecule has 1 aromatic rings. The van der Waals surface area contributed by atoms with E-state index in [1.165, 1.54) is 0 Å². The molecule has 0 unspecified atom stereocenters. The van der Waals surface area contributed by atoms with Crippen molar-refractivity contribution in [3.63, 3.8) is 0 Å². The van der Waals surface area contributed by atoms with Gasteiger partial charge in [-0.15, -0.1) is 0 Å². The van der Waals surface area contributed by atoms with Crippen molar-refractivity contribution in [3.8, 4) is 5.75 Å². The second-order valence-corrected chi connectivity index (χ2v) is 8.20. The van der Waals surface area contributed by atoms with Crippen molar-refractivity contribution < 1.29 is 19.1 Å². The number of nitrogens with zero attached hydrogens (tertiary/aromatic N) is 3. The molecular weight excluding hydrogens is 382 g/mol. The maximum atomic E-state index is 12.5. The molecule has 0 saturated carbocycles. The average Bonchev–Trinajstić information content (AvgIpc) is 3.21. The van der Waals surface area contributed by atoms with Crippen molar-refractivity contribution >= 4 is 23.4 Å². The van der Waals surface area contributed by atoms with Crippen LogP contribution in [-0.2, 0) is 14.4 Å². The Morgan fingerprint density at radius 2 is 1.83 bits per heavy atom. The summed E-state index contributed by atoms with van der Waals surface area (Å²) in [5.74, 6) is 0.915. The van der Waals surface area contributed by atoms with Crippen LogP contribution in [0.3, 0.4) is 0 Å². The molecule has 3 rings (SSSR count). The van der Waals surface area contributed by atoms with E-state index in [4.69, 9.17) is 4.74 Å². The third-order valence-electron chi connectivity index (χ3n) is 6.00. The van der Waals surface area contributed by atoms with E-state index < -0.39 is 0 Å². The quantitative estimate of drug-likeness (QED) is 0.655. The van der Waals surface area contributed by atoms with Gasteiger partial charge in [-0.2, -0.15) is 0 Å². The van der Waals surface area contributed by atoms with Gasteiger partial charge in [-0.3, -0.25) is 14.4 Å². The summed E-state index contributed by atoms with van der Waals surface area (Å²) in [6, 6.07) is 7.31. The Kier molecular flexibility index (Phi) is 7.71. The maximum Gasteiger partial charge on any atom is 0.260 e. The topological polar surface area (TPSA) is 70.2 Å². The molecule has 0 atom stereocenters. The molecule has 0 aromatic heterocycles. The number of hydrogen-bond acceptors (Lipinski definition) is 4. The van der Waals surface area contributed by atoms with Crippen molar-refractivity contribution in [3.05, 3.63) is 24.3 Å². The van der Waals surface area contributed by atoms with Crippen LogP contribution in [0.5, 0.6) is 5.75 Å². The largest absolute Gasteiger partial charge is 0.484 e. The van der Waals surface area contributed by atoms with Gasteiger partial charge in [0.1, 0.15) is 5.75 Å². The highest BCUT2D eigenvalue weighted by Crippen LogP contribution is 2.24. The molecule has 0 spiro atoms. The molecule has 0 radical (unpaired) electrons. The van der Waals surface area contributed by atoms with E-state index in [2.05, 4.69) is 6.92 Å². The fourth-order valence-electron chi connectivity index (χ4n) is 4.07. The lowest BCUT2D eigenvalue weighted by atomic mass is 9.95. The third-order valence-corrected chi connectivity index (χ3v) is 6.00. The van der Waals surface area contributed by atoms with E-state index in [0.29, 0.717) is 38.1 Å². The standard InChI is InChI=1S/C23H33N3O4/c1-3-4-13-24(2)23(29)18-11-15-25(16-12-18)22(28)17-30-20-9-7-19(8-10-20)26-14-5-6-21(26)27/h7-10,18H,3-6,11-17H2,1-2H3. The van der Waals surface area contributed by atoms with Gasteiger partial charge in [0.25, 0.3) is 5.91 Å². The molecule has 7 nitrogen and oxygen atoms in total. The van der Waals surface area contributed by atoms with E-state index in [0.717, 1.165) is 38.0 Å². The summed E-state index contributed by atoms with van der Waals surface area (Å²) >= 11 is 0. The van der Waals surface area contributed by atoms with Crippen LogP contribution in [0.4, 0.5) is 5.69 Å². The van der Waals surface area contributed by atoms with Gasteiger partial charge in [0, 0.05) is 51.3 Å². The van der Waals surface area contributed by atoms with Crippen molar-refractivity contribution in [2.75, 3.05) is 44.7 Å². The SMILES string of the molecule is CCCCN(C)C(=O)C1CCN(C(=O)COc2ccc(N3CCCC3=O)cc2)CC1. The number of hydrogen-bond donors (Lipinski definition) is 0. The minimum Gasteiger partial charge on any atom is -0.484 e. The predicted molar refractivity (Wildman–Crippen MR) is 115 cm³/mol. The molecule has 0 N–H and O–H groups in total. The zero-order valence-electron chi connectivity index (χ0n) is 18.1. The third kappa shape index (κ3) is 5.52. The lowest BCUT2D eigenvalue weighted by Crippen LogP contribution is -2.45. The number of carbonyl (C=O) groups is 3. The van der Waals surface area contributed by atoms with E-state index in [1.54, 1.807) is 21.9 Å². The first kappa shape index (κ1) is 22.1. The van der Waals surface area contributed by atoms with Gasteiger partial charge in [0.05, 0.1) is 0 Å². The molecular formula is C23H33N3O4. The fraction of sp³-hybridized carbons (Fsp3) is 0.609. The number of carbonyl (C=O) groups excluding carboxylic acids is 3. The Labute approximate surface area is 179 Å². The fourth-order valence-corrected chi connectivity index (χ4v) is 4.07. The number of unbranched alkanes of at least 4 members (excludes halogenated alkanes) is 1. The Morgan fingerprint density at radius 1 is 1.13 bits per heavy atom. The number of benzene rings is 1. The van der Waals surface area contributed by atoms with Gasteiger partial charge < -0.3 is 19.4 Å². The van der Waals surface area contributed by atoms with E-state index in [1.807, 2.05) is 24.1 Å². The smallest absolute Gasteiger partial charge is 0.260 e. The lowest BCUT2D eigenvalue weighted by Gasteiger charge is -2.33. The van der Waals surface area contributed by atoms with Crippen LogP contribution in [0.1, 0.15) is 45.4 Å².